The number of nitrogens with two attached hydrogens (primary N) is 1. The standard InChI is InChI=1S/C17H28N2O/c1-4-19(12-14-7-5-8-14)17(13(2)18)15-9-6-10-16(11-15)20-3/h6,9-11,13-14,17H,4-5,7-8,12,18H2,1-3H3. The summed E-state index contributed by atoms with van der Waals surface area (Å²) in [4.78, 5) is 2.53. The van der Waals surface area contributed by atoms with E-state index >= 15 is 0 Å². The van der Waals surface area contributed by atoms with Crippen LogP contribution in [0.5, 0.6) is 5.75 Å². The molecule has 0 spiro atoms. The molecule has 2 atom stereocenters. The van der Waals surface area contributed by atoms with E-state index < -0.39 is 0 Å². The van der Waals surface area contributed by atoms with E-state index in [4.69, 9.17) is 10.5 Å². The average Bonchev–Trinajstić information content (AvgIpc) is 2.40. The molecule has 1 saturated carbocycles. The number of rotatable bonds is 7. The molecule has 2 N–H and O–H groups in total. The molecule has 1 aromatic carbocycles. The summed E-state index contributed by atoms with van der Waals surface area (Å²) in [5.74, 6) is 1.77. The maximum atomic E-state index is 6.29. The summed E-state index contributed by atoms with van der Waals surface area (Å²) in [6.07, 6.45) is 4.14. The summed E-state index contributed by atoms with van der Waals surface area (Å²) in [7, 11) is 1.71. The lowest BCUT2D eigenvalue weighted by molar-refractivity contribution is 0.125. The van der Waals surface area contributed by atoms with Crippen LogP contribution in [0.1, 0.15) is 44.7 Å². The fourth-order valence-electron chi connectivity index (χ4n) is 3.12. The van der Waals surface area contributed by atoms with Crippen molar-refractivity contribution in [2.75, 3.05) is 20.2 Å². The van der Waals surface area contributed by atoms with Crippen LogP contribution in [0.15, 0.2) is 24.3 Å². The van der Waals surface area contributed by atoms with Gasteiger partial charge in [-0.1, -0.05) is 25.5 Å². The van der Waals surface area contributed by atoms with Crippen LogP contribution in [-0.2, 0) is 0 Å². The zero-order chi connectivity index (χ0) is 14.5. The summed E-state index contributed by atoms with van der Waals surface area (Å²) in [6.45, 7) is 6.54. The Morgan fingerprint density at radius 1 is 1.40 bits per heavy atom. The van der Waals surface area contributed by atoms with Gasteiger partial charge in [-0.2, -0.15) is 0 Å². The number of ether oxygens (including phenoxy) is 1. The number of hydrogen-bond donors (Lipinski definition) is 1. The highest BCUT2D eigenvalue weighted by Crippen LogP contribution is 2.32. The predicted octanol–water partition coefficient (Wildman–Crippen LogP) is 3.21. The van der Waals surface area contributed by atoms with Gasteiger partial charge in [-0.15, -0.1) is 0 Å². The van der Waals surface area contributed by atoms with E-state index in [0.29, 0.717) is 0 Å². The van der Waals surface area contributed by atoms with E-state index in [1.165, 1.54) is 31.4 Å². The zero-order valence-corrected chi connectivity index (χ0v) is 13.0. The minimum atomic E-state index is 0.113. The van der Waals surface area contributed by atoms with Crippen molar-refractivity contribution in [2.45, 2.75) is 45.2 Å². The number of nitrogens with zero attached hydrogens (tertiary/aromatic N) is 1. The summed E-state index contributed by atoms with van der Waals surface area (Å²) < 4.78 is 5.35. The normalized spacial score (nSPS) is 18.6. The van der Waals surface area contributed by atoms with Gasteiger partial charge in [0.15, 0.2) is 0 Å². The summed E-state index contributed by atoms with van der Waals surface area (Å²) in [6, 6.07) is 8.72. The lowest BCUT2D eigenvalue weighted by Gasteiger charge is -2.38. The van der Waals surface area contributed by atoms with Crippen LogP contribution in [0, 0.1) is 5.92 Å². The lowest BCUT2D eigenvalue weighted by Crippen LogP contribution is -2.42. The van der Waals surface area contributed by atoms with Crippen LogP contribution < -0.4 is 10.5 Å². The van der Waals surface area contributed by atoms with Crippen LogP contribution in [-0.4, -0.2) is 31.1 Å². The van der Waals surface area contributed by atoms with Gasteiger partial charge in [-0.3, -0.25) is 4.90 Å². The number of hydrogen-bond acceptors (Lipinski definition) is 3. The van der Waals surface area contributed by atoms with Gasteiger partial charge in [0.1, 0.15) is 5.75 Å². The largest absolute Gasteiger partial charge is 0.497 e. The van der Waals surface area contributed by atoms with E-state index in [1.54, 1.807) is 7.11 Å². The lowest BCUT2D eigenvalue weighted by atomic mass is 9.84. The fraction of sp³-hybridized carbons (Fsp3) is 0.647. The Morgan fingerprint density at radius 3 is 2.65 bits per heavy atom. The van der Waals surface area contributed by atoms with Crippen molar-refractivity contribution in [2.24, 2.45) is 11.7 Å². The summed E-state index contributed by atoms with van der Waals surface area (Å²) >= 11 is 0. The third-order valence-corrected chi connectivity index (χ3v) is 4.45. The van der Waals surface area contributed by atoms with Gasteiger partial charge in [-0.05, 0) is 49.9 Å². The molecule has 0 heterocycles. The van der Waals surface area contributed by atoms with Gasteiger partial charge in [0.05, 0.1) is 7.11 Å². The first-order valence-corrected chi connectivity index (χ1v) is 7.79. The van der Waals surface area contributed by atoms with Gasteiger partial charge in [0.25, 0.3) is 0 Å². The molecule has 0 aliphatic heterocycles. The topological polar surface area (TPSA) is 38.5 Å². The van der Waals surface area contributed by atoms with Crippen molar-refractivity contribution in [1.82, 2.24) is 4.90 Å². The van der Waals surface area contributed by atoms with Crippen LogP contribution in [0.2, 0.25) is 0 Å². The minimum absolute atomic E-state index is 0.113. The molecule has 0 saturated heterocycles. The van der Waals surface area contributed by atoms with Crippen LogP contribution in [0.25, 0.3) is 0 Å². The van der Waals surface area contributed by atoms with E-state index in [2.05, 4.69) is 36.9 Å². The minimum Gasteiger partial charge on any atom is -0.497 e. The molecule has 3 nitrogen and oxygen atoms in total. The maximum absolute atomic E-state index is 6.29. The molecule has 0 bridgehead atoms. The molecule has 0 radical (unpaired) electrons. The first-order valence-electron chi connectivity index (χ1n) is 7.79. The molecule has 20 heavy (non-hydrogen) atoms. The smallest absolute Gasteiger partial charge is 0.119 e. The van der Waals surface area contributed by atoms with E-state index in [1.807, 2.05) is 6.07 Å². The highest BCUT2D eigenvalue weighted by molar-refractivity contribution is 5.31. The molecule has 0 aromatic heterocycles. The average molecular weight is 276 g/mol. The molecular formula is C17H28N2O. The van der Waals surface area contributed by atoms with Gasteiger partial charge in [0, 0.05) is 18.6 Å². The molecular weight excluding hydrogens is 248 g/mol. The van der Waals surface area contributed by atoms with Crippen molar-refractivity contribution < 1.29 is 4.74 Å². The Hall–Kier alpha value is -1.06. The Morgan fingerprint density at radius 2 is 2.15 bits per heavy atom. The van der Waals surface area contributed by atoms with Crippen LogP contribution in [0.4, 0.5) is 0 Å². The van der Waals surface area contributed by atoms with E-state index in [0.717, 1.165) is 18.2 Å². The monoisotopic (exact) mass is 276 g/mol. The van der Waals surface area contributed by atoms with Crippen molar-refractivity contribution in [1.29, 1.82) is 0 Å². The van der Waals surface area contributed by atoms with Crippen LogP contribution >= 0.6 is 0 Å². The quantitative estimate of drug-likeness (QED) is 0.831. The van der Waals surface area contributed by atoms with E-state index in [-0.39, 0.29) is 12.1 Å². The number of methoxy groups -OCH3 is 1. The van der Waals surface area contributed by atoms with Crippen molar-refractivity contribution in [3.63, 3.8) is 0 Å². The van der Waals surface area contributed by atoms with Gasteiger partial charge in [0.2, 0.25) is 0 Å². The predicted molar refractivity (Wildman–Crippen MR) is 84.0 cm³/mol. The molecule has 1 aliphatic rings. The highest BCUT2D eigenvalue weighted by Gasteiger charge is 2.27. The SMILES string of the molecule is CCN(CC1CCC1)C(c1cccc(OC)c1)C(C)N. The second-order valence-electron chi connectivity index (χ2n) is 5.97. The Bertz CT molecular complexity index is 415. The Balaban J connectivity index is 2.18. The maximum Gasteiger partial charge on any atom is 0.119 e. The molecule has 2 rings (SSSR count). The third-order valence-electron chi connectivity index (χ3n) is 4.45. The number of likely N-dealkylation sites (N-methyl/N-ethyl adjacent to an activating group) is 1. The molecule has 1 aromatic rings. The van der Waals surface area contributed by atoms with Crippen molar-refractivity contribution in [3.05, 3.63) is 29.8 Å². The Kier molecular flexibility index (Phi) is 5.44. The third kappa shape index (κ3) is 3.53. The van der Waals surface area contributed by atoms with Crippen LogP contribution in [0.3, 0.4) is 0 Å². The molecule has 2 unspecified atom stereocenters. The van der Waals surface area contributed by atoms with Crippen molar-refractivity contribution >= 4 is 0 Å². The zero-order valence-electron chi connectivity index (χ0n) is 13.0. The first-order chi connectivity index (χ1) is 9.65. The van der Waals surface area contributed by atoms with Crippen molar-refractivity contribution in [3.8, 4) is 5.75 Å². The summed E-state index contributed by atoms with van der Waals surface area (Å²) in [5.41, 5.74) is 7.55. The molecule has 3 heteroatoms. The Labute approximate surface area is 123 Å². The first kappa shape index (κ1) is 15.3. The van der Waals surface area contributed by atoms with Gasteiger partial charge < -0.3 is 10.5 Å². The summed E-state index contributed by atoms with van der Waals surface area (Å²) in [5, 5.41) is 0. The van der Waals surface area contributed by atoms with Gasteiger partial charge >= 0.3 is 0 Å². The fourth-order valence-corrected chi connectivity index (χ4v) is 3.12. The van der Waals surface area contributed by atoms with E-state index in [9.17, 15) is 0 Å². The van der Waals surface area contributed by atoms with Gasteiger partial charge in [-0.25, -0.2) is 0 Å². The number of benzene rings is 1. The molecule has 1 fully saturated rings. The molecule has 112 valence electrons. The second kappa shape index (κ2) is 7.09. The molecule has 0 amide bonds. The second-order valence-corrected chi connectivity index (χ2v) is 5.97. The molecule has 1 aliphatic carbocycles. The highest BCUT2D eigenvalue weighted by atomic mass is 16.5.